The summed E-state index contributed by atoms with van der Waals surface area (Å²) >= 11 is 0. The van der Waals surface area contributed by atoms with Crippen LogP contribution in [0.15, 0.2) is 48.5 Å². The summed E-state index contributed by atoms with van der Waals surface area (Å²) in [7, 11) is 2.94. The van der Waals surface area contributed by atoms with Gasteiger partial charge in [0.2, 0.25) is 0 Å². The van der Waals surface area contributed by atoms with Crippen molar-refractivity contribution in [2.45, 2.75) is 51.6 Å². The summed E-state index contributed by atoms with van der Waals surface area (Å²) in [5, 5.41) is 13.1. The van der Waals surface area contributed by atoms with E-state index < -0.39 is 12.1 Å². The van der Waals surface area contributed by atoms with Gasteiger partial charge in [-0.15, -0.1) is 0 Å². The first-order valence-electron chi connectivity index (χ1n) is 10.9. The molecule has 0 saturated heterocycles. The maximum atomic E-state index is 12.8. The molecule has 0 saturated carbocycles. The number of aliphatic hydroxyl groups excluding tert-OH is 1. The van der Waals surface area contributed by atoms with E-state index in [4.69, 9.17) is 0 Å². The topological polar surface area (TPSA) is 78.9 Å². The maximum absolute atomic E-state index is 12.8. The van der Waals surface area contributed by atoms with Crippen LogP contribution in [-0.2, 0) is 16.0 Å². The van der Waals surface area contributed by atoms with Gasteiger partial charge in [-0.2, -0.15) is 0 Å². The summed E-state index contributed by atoms with van der Waals surface area (Å²) in [6.07, 6.45) is 4.39. The number of unbranched alkanes of at least 4 members (excludes halogenated alkanes) is 4. The van der Waals surface area contributed by atoms with Crippen LogP contribution >= 0.6 is 0 Å². The molecule has 2 rings (SSSR count). The number of hydrogen-bond donors (Lipinski definition) is 2. The van der Waals surface area contributed by atoms with Crippen LogP contribution in [-0.4, -0.2) is 43.9 Å². The third kappa shape index (κ3) is 7.40. The van der Waals surface area contributed by atoms with Gasteiger partial charge in [0.15, 0.2) is 6.10 Å². The fourth-order valence-corrected chi connectivity index (χ4v) is 3.44. The Hall–Kier alpha value is -2.86. The monoisotopic (exact) mass is 426 g/mol. The van der Waals surface area contributed by atoms with Gasteiger partial charge in [0.25, 0.3) is 0 Å². The van der Waals surface area contributed by atoms with E-state index in [2.05, 4.69) is 17.0 Å². The molecule has 0 unspecified atom stereocenters. The standard InChI is InChI=1S/C25H34N2O4/c1-4-5-6-7-11-16-26-25(30)27(2)22-17-20(19-12-9-8-10-13-19)14-15-21(22)18-23(28)24(29)31-3/h8-10,12-15,17,23,28H,4-7,11,16,18H2,1-3H3,(H,26,30)/t23-/m0/s1. The summed E-state index contributed by atoms with van der Waals surface area (Å²) in [5.74, 6) is -0.697. The minimum absolute atomic E-state index is 0.0612. The van der Waals surface area contributed by atoms with E-state index in [0.29, 0.717) is 17.8 Å². The predicted molar refractivity (Wildman–Crippen MR) is 124 cm³/mol. The van der Waals surface area contributed by atoms with E-state index in [1.165, 1.54) is 31.3 Å². The molecule has 31 heavy (non-hydrogen) atoms. The van der Waals surface area contributed by atoms with E-state index in [1.807, 2.05) is 48.5 Å². The third-order valence-electron chi connectivity index (χ3n) is 5.30. The van der Waals surface area contributed by atoms with Crippen LogP contribution in [0.3, 0.4) is 0 Å². The Labute approximate surface area is 185 Å². The molecule has 0 aromatic heterocycles. The number of hydrogen-bond acceptors (Lipinski definition) is 4. The fourth-order valence-electron chi connectivity index (χ4n) is 3.44. The highest BCUT2D eigenvalue weighted by Gasteiger charge is 2.21. The van der Waals surface area contributed by atoms with Crippen molar-refractivity contribution < 1.29 is 19.4 Å². The molecule has 1 atom stereocenters. The number of amides is 2. The van der Waals surface area contributed by atoms with Crippen LogP contribution in [0.25, 0.3) is 11.1 Å². The van der Waals surface area contributed by atoms with Gasteiger partial charge >= 0.3 is 12.0 Å². The minimum Gasteiger partial charge on any atom is -0.467 e. The van der Waals surface area contributed by atoms with Crippen molar-refractivity contribution in [3.63, 3.8) is 0 Å². The fraction of sp³-hybridized carbons (Fsp3) is 0.440. The molecule has 6 nitrogen and oxygen atoms in total. The van der Waals surface area contributed by atoms with Gasteiger partial charge in [0, 0.05) is 25.7 Å². The summed E-state index contributed by atoms with van der Waals surface area (Å²) < 4.78 is 4.64. The van der Waals surface area contributed by atoms with Gasteiger partial charge in [-0.3, -0.25) is 4.90 Å². The van der Waals surface area contributed by atoms with Crippen molar-refractivity contribution in [1.82, 2.24) is 5.32 Å². The number of nitrogens with one attached hydrogen (secondary N) is 1. The number of benzene rings is 2. The van der Waals surface area contributed by atoms with Gasteiger partial charge in [-0.25, -0.2) is 9.59 Å². The molecular formula is C25H34N2O4. The number of esters is 1. The Kier molecular flexibility index (Phi) is 10.0. The molecule has 0 fully saturated rings. The molecule has 0 radical (unpaired) electrons. The van der Waals surface area contributed by atoms with Crippen molar-refractivity contribution in [3.8, 4) is 11.1 Å². The molecule has 0 bridgehead atoms. The molecule has 6 heteroatoms. The van der Waals surface area contributed by atoms with E-state index in [1.54, 1.807) is 7.05 Å². The van der Waals surface area contributed by atoms with E-state index >= 15 is 0 Å². The van der Waals surface area contributed by atoms with Gasteiger partial charge in [0.05, 0.1) is 7.11 Å². The van der Waals surface area contributed by atoms with Crippen LogP contribution in [0.5, 0.6) is 0 Å². The quantitative estimate of drug-likeness (QED) is 0.408. The molecule has 0 aliphatic carbocycles. The largest absolute Gasteiger partial charge is 0.467 e. The van der Waals surface area contributed by atoms with Crippen molar-refractivity contribution in [3.05, 3.63) is 54.1 Å². The number of ether oxygens (including phenoxy) is 1. The molecule has 2 aromatic carbocycles. The van der Waals surface area contributed by atoms with Crippen LogP contribution in [0.2, 0.25) is 0 Å². The highest BCUT2D eigenvalue weighted by molar-refractivity contribution is 5.93. The van der Waals surface area contributed by atoms with Crippen molar-refractivity contribution >= 4 is 17.7 Å². The highest BCUT2D eigenvalue weighted by atomic mass is 16.5. The first kappa shape index (κ1) is 24.4. The first-order chi connectivity index (χ1) is 15.0. The molecule has 0 spiro atoms. The Bertz CT molecular complexity index is 839. The van der Waals surface area contributed by atoms with Crippen LogP contribution in [0, 0.1) is 0 Å². The van der Waals surface area contributed by atoms with E-state index in [-0.39, 0.29) is 12.5 Å². The Balaban J connectivity index is 2.19. The molecule has 168 valence electrons. The summed E-state index contributed by atoms with van der Waals surface area (Å²) in [4.78, 5) is 26.0. The molecule has 0 aliphatic rings. The van der Waals surface area contributed by atoms with Crippen molar-refractivity contribution in [2.75, 3.05) is 25.6 Å². The smallest absolute Gasteiger partial charge is 0.335 e. The number of urea groups is 1. The number of aliphatic hydroxyl groups is 1. The number of carbonyl (C=O) groups is 2. The first-order valence-corrected chi connectivity index (χ1v) is 10.9. The van der Waals surface area contributed by atoms with Crippen molar-refractivity contribution in [1.29, 1.82) is 0 Å². The summed E-state index contributed by atoms with van der Waals surface area (Å²) in [6, 6.07) is 15.3. The number of anilines is 1. The second-order valence-corrected chi connectivity index (χ2v) is 7.66. The molecule has 2 aromatic rings. The van der Waals surface area contributed by atoms with Gasteiger partial charge in [-0.1, -0.05) is 75.1 Å². The second kappa shape index (κ2) is 12.7. The van der Waals surface area contributed by atoms with Gasteiger partial charge in [-0.05, 0) is 29.2 Å². The molecule has 2 N–H and O–H groups in total. The Morgan fingerprint density at radius 2 is 1.74 bits per heavy atom. The van der Waals surface area contributed by atoms with Gasteiger partial charge in [0.1, 0.15) is 0 Å². The van der Waals surface area contributed by atoms with Crippen LogP contribution in [0.4, 0.5) is 10.5 Å². The average Bonchev–Trinajstić information content (AvgIpc) is 2.80. The van der Waals surface area contributed by atoms with Gasteiger partial charge < -0.3 is 15.2 Å². The molecule has 2 amide bonds. The molecule has 0 heterocycles. The Morgan fingerprint density at radius 3 is 2.42 bits per heavy atom. The number of nitrogens with zero attached hydrogens (tertiary/aromatic N) is 1. The predicted octanol–water partition coefficient (Wildman–Crippen LogP) is 4.55. The lowest BCUT2D eigenvalue weighted by Crippen LogP contribution is -2.38. The normalized spacial score (nSPS) is 11.6. The zero-order valence-electron chi connectivity index (χ0n) is 18.8. The molecular weight excluding hydrogens is 392 g/mol. The Morgan fingerprint density at radius 1 is 1.03 bits per heavy atom. The summed E-state index contributed by atoms with van der Waals surface area (Å²) in [5.41, 5.74) is 3.31. The highest BCUT2D eigenvalue weighted by Crippen LogP contribution is 2.29. The summed E-state index contributed by atoms with van der Waals surface area (Å²) in [6.45, 7) is 2.79. The third-order valence-corrected chi connectivity index (χ3v) is 5.30. The van der Waals surface area contributed by atoms with Crippen molar-refractivity contribution in [2.24, 2.45) is 0 Å². The lowest BCUT2D eigenvalue weighted by atomic mass is 9.98. The number of carbonyl (C=O) groups excluding carboxylic acids is 2. The minimum atomic E-state index is -1.29. The van der Waals surface area contributed by atoms with Crippen LogP contribution in [0.1, 0.15) is 44.6 Å². The molecule has 0 aliphatic heterocycles. The average molecular weight is 427 g/mol. The van der Waals surface area contributed by atoms with E-state index in [0.717, 1.165) is 24.0 Å². The van der Waals surface area contributed by atoms with Crippen LogP contribution < -0.4 is 10.2 Å². The second-order valence-electron chi connectivity index (χ2n) is 7.66. The lowest BCUT2D eigenvalue weighted by Gasteiger charge is -2.23. The zero-order valence-corrected chi connectivity index (χ0v) is 18.8. The number of rotatable bonds is 11. The lowest BCUT2D eigenvalue weighted by molar-refractivity contribution is -0.150. The SMILES string of the molecule is CCCCCCCNC(=O)N(C)c1cc(-c2ccccc2)ccc1C[C@H](O)C(=O)OC. The number of methoxy groups -OCH3 is 1. The van der Waals surface area contributed by atoms with E-state index in [9.17, 15) is 14.7 Å². The zero-order chi connectivity index (χ0) is 22.6. The maximum Gasteiger partial charge on any atom is 0.335 e.